The predicted molar refractivity (Wildman–Crippen MR) is 63.5 cm³/mol. The molecular formula is C11H4F6Mn2O8PTe. The number of hydrogen-bond donors (Lipinski definition) is 0. The van der Waals surface area contributed by atoms with E-state index in [1.54, 1.807) is 0 Å². The minimum absolute atomic E-state index is 0. The average Bonchev–Trinajstić information content (AvgIpc) is 2.73. The first kappa shape index (κ1) is 78.9. The van der Waals surface area contributed by atoms with Crippen LogP contribution >= 0.6 is 8.58 Å². The maximum absolute atomic E-state index is 10.8. The van der Waals surface area contributed by atoms with Gasteiger partial charge in [-0.3, -0.25) is 0 Å². The number of rotatable bonds is 0. The molecule has 0 atom stereocenters. The fraction of sp³-hybridized carbons (Fsp3) is 0.273. The molecule has 0 saturated heterocycles. The number of halogens is 6. The van der Waals surface area contributed by atoms with E-state index >= 15 is 0 Å². The van der Waals surface area contributed by atoms with E-state index < -0.39 is 20.4 Å². The van der Waals surface area contributed by atoms with Gasteiger partial charge in [-0.15, -0.1) is 0 Å². The molecule has 0 aliphatic carbocycles. The Labute approximate surface area is 198 Å². The SMILES string of the molecule is C[Te].FC(F)(F)PC(F)(F)F.[C-]#[O+].[C-]#[O+].[C-]#[O+].[C-]#[O+].[C-]#[O+].[C-]#[O+].[C-]#[O+].[C-]#[O+].[Mn].[Mn]. The molecule has 0 fully saturated rings. The minimum Gasteiger partial charge on any atom is 0 e. The van der Waals surface area contributed by atoms with Gasteiger partial charge in [0, 0.05) is 34.1 Å². The smallest absolute Gasteiger partial charge is 0 e. The Hall–Kier alpha value is -0.241. The van der Waals surface area contributed by atoms with Gasteiger partial charge in [-0.25, -0.2) is 0 Å². The summed E-state index contributed by atoms with van der Waals surface area (Å²) in [6.07, 6.45) is 0. The molecule has 8 nitrogen and oxygen atoms in total. The molecule has 0 saturated carbocycles. The summed E-state index contributed by atoms with van der Waals surface area (Å²) in [6, 6.07) is 0. The van der Waals surface area contributed by atoms with E-state index in [-0.39, 0.29) is 34.1 Å². The van der Waals surface area contributed by atoms with Crippen LogP contribution in [0.4, 0.5) is 26.3 Å². The van der Waals surface area contributed by atoms with Crippen LogP contribution in [0.15, 0.2) is 0 Å². The van der Waals surface area contributed by atoms with E-state index in [0.717, 1.165) is 0 Å². The molecule has 0 spiro atoms. The molecule has 0 aromatic heterocycles. The van der Waals surface area contributed by atoms with Gasteiger partial charge in [0.15, 0.2) is 0 Å². The third-order valence-corrected chi connectivity index (χ3v) is 0.850. The van der Waals surface area contributed by atoms with Gasteiger partial charge in [0.05, 0.1) is 0 Å². The predicted octanol–water partition coefficient (Wildman–Crippen LogP) is 2.60. The Kier molecular flexibility index (Phi) is 332. The van der Waals surface area contributed by atoms with Crippen molar-refractivity contribution >= 4 is 30.9 Å². The maximum atomic E-state index is 10.8. The third kappa shape index (κ3) is 555. The molecule has 3 radical (unpaired) electrons. The van der Waals surface area contributed by atoms with Crippen molar-refractivity contribution in [2.45, 2.75) is 16.8 Å². The molecule has 29 heavy (non-hydrogen) atoms. The first-order valence-electron chi connectivity index (χ1n) is 3.68. The minimum atomic E-state index is -5.11. The quantitative estimate of drug-likeness (QED) is 0.125. The van der Waals surface area contributed by atoms with Gasteiger partial charge in [-0.1, -0.05) is 0 Å². The first-order valence-corrected chi connectivity index (χ1v) is 7.01. The molecule has 0 rings (SSSR count). The fourth-order valence-corrected chi connectivity index (χ4v) is 0.482. The van der Waals surface area contributed by atoms with Crippen molar-refractivity contribution < 1.29 is 97.7 Å². The van der Waals surface area contributed by atoms with Crippen LogP contribution in [0.2, 0.25) is 4.97 Å². The molecule has 0 aliphatic heterocycles. The molecule has 0 bridgehead atoms. The summed E-state index contributed by atoms with van der Waals surface area (Å²) in [5.41, 5.74) is 0. The maximum Gasteiger partial charge on any atom is 0 e. The van der Waals surface area contributed by atoms with Crippen LogP contribution in [0.5, 0.6) is 0 Å². The normalized spacial score (nSPS) is 5.10. The van der Waals surface area contributed by atoms with Gasteiger partial charge in [0.25, 0.3) is 0 Å². The molecule has 163 valence electrons. The van der Waals surface area contributed by atoms with E-state index in [1.807, 2.05) is 27.3 Å². The van der Waals surface area contributed by atoms with Gasteiger partial charge < -0.3 is 0 Å². The number of alkyl halides is 6. The summed E-state index contributed by atoms with van der Waals surface area (Å²) in [4.78, 5) is 2.01. The van der Waals surface area contributed by atoms with Gasteiger partial charge in [0.2, 0.25) is 0 Å². The molecular weight excluding hydrogens is 643 g/mol. The monoisotopic (exact) mass is 649 g/mol. The van der Waals surface area contributed by atoms with Crippen molar-refractivity contribution in [2.75, 3.05) is 0 Å². The zero-order chi connectivity index (χ0) is 25.7. The van der Waals surface area contributed by atoms with Crippen LogP contribution in [0.3, 0.4) is 0 Å². The van der Waals surface area contributed by atoms with E-state index in [1.165, 1.54) is 0 Å². The molecule has 18 heteroatoms. The van der Waals surface area contributed by atoms with Gasteiger partial charge in [-0.2, -0.15) is 26.3 Å². The standard InChI is InChI=1S/C2HF6P.8CO.CH3Te.2Mn/c3-1(4,5)9-2(6,7)8;9*1-2;;/h9H;;;;;;;;;1H3;;. The van der Waals surface area contributed by atoms with Crippen LogP contribution in [-0.2, 0) is 71.4 Å². The van der Waals surface area contributed by atoms with Crippen LogP contribution in [0.1, 0.15) is 0 Å². The van der Waals surface area contributed by atoms with Crippen molar-refractivity contribution in [3.8, 4) is 0 Å². The van der Waals surface area contributed by atoms with Crippen molar-refractivity contribution in [3.63, 3.8) is 0 Å². The summed E-state index contributed by atoms with van der Waals surface area (Å²) >= 11 is 1.95. The average molecular weight is 647 g/mol. The zero-order valence-corrected chi connectivity index (χ0v) is 18.9. The second kappa shape index (κ2) is 122. The van der Waals surface area contributed by atoms with Crippen LogP contribution in [0.25, 0.3) is 0 Å². The summed E-state index contributed by atoms with van der Waals surface area (Å²) < 4.78 is 125. The Bertz CT molecular complexity index is 306. The molecule has 0 heterocycles. The summed E-state index contributed by atoms with van der Waals surface area (Å²) in [5.74, 6) is -10.2. The van der Waals surface area contributed by atoms with Crippen molar-refractivity contribution in [2.24, 2.45) is 0 Å². The number of hydrogen-bond acceptors (Lipinski definition) is 0. The zero-order valence-electron chi connectivity index (χ0n) is 13.2. The fourth-order valence-electron chi connectivity index (χ4n) is 0.161. The van der Waals surface area contributed by atoms with E-state index in [9.17, 15) is 26.3 Å². The molecule has 0 unspecified atom stereocenters. The van der Waals surface area contributed by atoms with Gasteiger partial charge in [0.1, 0.15) is 8.58 Å². The summed E-state index contributed by atoms with van der Waals surface area (Å²) in [5, 5.41) is 0. The third-order valence-electron chi connectivity index (χ3n) is 0.283. The van der Waals surface area contributed by atoms with Crippen molar-refractivity contribution in [1.29, 1.82) is 0 Å². The van der Waals surface area contributed by atoms with Gasteiger partial charge >= 0.3 is 130 Å². The van der Waals surface area contributed by atoms with E-state index in [0.29, 0.717) is 0 Å². The Morgan fingerprint density at radius 1 is 0.448 bits per heavy atom. The molecule has 0 aliphatic rings. The first-order chi connectivity index (χ1) is 12.7. The topological polar surface area (TPSA) is 159 Å². The second-order valence-corrected chi connectivity index (χ2v) is 2.50. The Balaban J connectivity index is -0.0000000125. The molecule has 0 N–H and O–H groups in total. The van der Waals surface area contributed by atoms with Gasteiger partial charge in [-0.05, 0) is 0 Å². The van der Waals surface area contributed by atoms with Crippen LogP contribution < -0.4 is 0 Å². The van der Waals surface area contributed by atoms with E-state index in [2.05, 4.69) is 53.2 Å². The van der Waals surface area contributed by atoms with Crippen LogP contribution in [0, 0.1) is 53.2 Å². The largest absolute Gasteiger partial charge is 0 e. The van der Waals surface area contributed by atoms with Crippen molar-refractivity contribution in [3.05, 3.63) is 53.2 Å². The Morgan fingerprint density at radius 3 is 0.517 bits per heavy atom. The molecule has 0 amide bonds. The Morgan fingerprint density at radius 2 is 0.517 bits per heavy atom. The van der Waals surface area contributed by atoms with Crippen molar-refractivity contribution in [1.82, 2.24) is 0 Å². The summed E-state index contributed by atoms with van der Waals surface area (Å²) in [6.45, 7) is 36.0. The molecule has 0 aromatic rings. The van der Waals surface area contributed by atoms with Crippen LogP contribution in [-0.4, -0.2) is 34.1 Å². The van der Waals surface area contributed by atoms with E-state index in [4.69, 9.17) is 37.2 Å². The molecule has 0 aromatic carbocycles. The second-order valence-electron chi connectivity index (χ2n) is 1.12. The summed E-state index contributed by atoms with van der Waals surface area (Å²) in [7, 11) is -2.95.